The van der Waals surface area contributed by atoms with Crippen molar-refractivity contribution in [1.29, 1.82) is 0 Å². The predicted molar refractivity (Wildman–Crippen MR) is 76.8 cm³/mol. The Morgan fingerprint density at radius 2 is 1.89 bits per heavy atom. The molecule has 1 aromatic rings. The van der Waals surface area contributed by atoms with Crippen molar-refractivity contribution in [2.45, 2.75) is 45.3 Å². The quantitative estimate of drug-likeness (QED) is 0.788. The monoisotopic (exact) mass is 261 g/mol. The fraction of sp³-hybridized carbons (Fsp3) is 0.647. The van der Waals surface area contributed by atoms with E-state index >= 15 is 0 Å². The van der Waals surface area contributed by atoms with Gasteiger partial charge in [-0.15, -0.1) is 0 Å². The Kier molecular flexibility index (Phi) is 3.38. The Morgan fingerprint density at radius 3 is 2.47 bits per heavy atom. The first-order valence-corrected chi connectivity index (χ1v) is 7.53. The van der Waals surface area contributed by atoms with E-state index in [1.807, 2.05) is 6.07 Å². The Balaban J connectivity index is 1.71. The van der Waals surface area contributed by atoms with Crippen LogP contribution in [0.25, 0.3) is 0 Å². The van der Waals surface area contributed by atoms with Crippen molar-refractivity contribution < 1.29 is 4.39 Å². The van der Waals surface area contributed by atoms with Gasteiger partial charge in [0.2, 0.25) is 0 Å². The summed E-state index contributed by atoms with van der Waals surface area (Å²) in [7, 11) is 0. The van der Waals surface area contributed by atoms with Crippen LogP contribution in [0.2, 0.25) is 0 Å². The molecular weight excluding hydrogens is 237 g/mol. The second kappa shape index (κ2) is 4.90. The van der Waals surface area contributed by atoms with Gasteiger partial charge >= 0.3 is 0 Å². The van der Waals surface area contributed by atoms with Gasteiger partial charge in [0.25, 0.3) is 0 Å². The van der Waals surface area contributed by atoms with E-state index in [0.29, 0.717) is 12.6 Å². The Morgan fingerprint density at radius 1 is 1.21 bits per heavy atom. The molecule has 19 heavy (non-hydrogen) atoms. The van der Waals surface area contributed by atoms with Gasteiger partial charge in [0, 0.05) is 25.0 Å². The fourth-order valence-corrected chi connectivity index (χ4v) is 3.81. The predicted octanol–water partition coefficient (Wildman–Crippen LogP) is 4.21. The number of likely N-dealkylation sites (tertiary alicyclic amines) is 1. The van der Waals surface area contributed by atoms with E-state index in [-0.39, 0.29) is 11.3 Å². The van der Waals surface area contributed by atoms with Crippen LogP contribution in [0, 0.1) is 11.3 Å². The molecule has 0 N–H and O–H groups in total. The lowest BCUT2D eigenvalue weighted by molar-refractivity contribution is 0.0394. The van der Waals surface area contributed by atoms with Crippen molar-refractivity contribution in [3.8, 4) is 0 Å². The van der Waals surface area contributed by atoms with Crippen molar-refractivity contribution in [3.05, 3.63) is 35.9 Å². The molecule has 1 nitrogen and oxygen atoms in total. The maximum atomic E-state index is 14.4. The van der Waals surface area contributed by atoms with Gasteiger partial charge in [0.15, 0.2) is 0 Å². The second-order valence-electron chi connectivity index (χ2n) is 6.67. The molecule has 1 heterocycles. The van der Waals surface area contributed by atoms with E-state index in [9.17, 15) is 4.39 Å². The molecule has 0 radical (unpaired) electrons. The summed E-state index contributed by atoms with van der Waals surface area (Å²) < 4.78 is 14.4. The van der Waals surface area contributed by atoms with Crippen LogP contribution >= 0.6 is 0 Å². The highest BCUT2D eigenvalue weighted by atomic mass is 19.1. The van der Waals surface area contributed by atoms with Crippen LogP contribution in [0.15, 0.2) is 30.3 Å². The number of halogens is 1. The molecule has 3 atom stereocenters. The van der Waals surface area contributed by atoms with Crippen LogP contribution in [0.1, 0.15) is 44.7 Å². The molecule has 1 saturated heterocycles. The Hall–Kier alpha value is -0.890. The number of nitrogens with zero attached hydrogens (tertiary/aromatic N) is 1. The normalized spacial score (nSPS) is 31.9. The molecule has 0 aromatic heterocycles. The largest absolute Gasteiger partial charge is 0.293 e. The van der Waals surface area contributed by atoms with Gasteiger partial charge in [0.05, 0.1) is 0 Å². The minimum Gasteiger partial charge on any atom is -0.293 e. The lowest BCUT2D eigenvalue weighted by Gasteiger charge is -2.44. The van der Waals surface area contributed by atoms with Gasteiger partial charge < -0.3 is 0 Å². The number of rotatable bonds is 3. The summed E-state index contributed by atoms with van der Waals surface area (Å²) in [6, 6.07) is 10.8. The van der Waals surface area contributed by atoms with Crippen LogP contribution in [0.5, 0.6) is 0 Å². The van der Waals surface area contributed by atoms with Crippen molar-refractivity contribution in [1.82, 2.24) is 4.90 Å². The molecule has 2 heteroatoms. The van der Waals surface area contributed by atoms with Crippen molar-refractivity contribution >= 4 is 0 Å². The number of hydrogen-bond donors (Lipinski definition) is 0. The van der Waals surface area contributed by atoms with Crippen LogP contribution in [0.4, 0.5) is 4.39 Å². The summed E-state index contributed by atoms with van der Waals surface area (Å²) in [6.07, 6.45) is 3.07. The molecule has 2 aliphatic rings. The summed E-state index contributed by atoms with van der Waals surface area (Å²) in [6.45, 7) is 6.02. The molecule has 0 spiro atoms. The van der Waals surface area contributed by atoms with E-state index in [2.05, 4.69) is 43.0 Å². The molecule has 1 aromatic carbocycles. The zero-order valence-electron chi connectivity index (χ0n) is 12.0. The van der Waals surface area contributed by atoms with Crippen LogP contribution in [-0.4, -0.2) is 24.2 Å². The van der Waals surface area contributed by atoms with Crippen LogP contribution in [0.3, 0.4) is 0 Å². The van der Waals surface area contributed by atoms with Gasteiger partial charge in [-0.25, -0.2) is 4.39 Å². The zero-order valence-corrected chi connectivity index (χ0v) is 12.0. The molecule has 0 bridgehead atoms. The number of hydrogen-bond acceptors (Lipinski definition) is 1. The summed E-state index contributed by atoms with van der Waals surface area (Å²) in [5.41, 5.74) is 1.57. The SMILES string of the molecule is C[C@@H](c1ccccc1)N1C[C@@H](F)[C@@H](C2(C)CCC2)C1. The average molecular weight is 261 g/mol. The molecular formula is C17H24FN. The Bertz CT molecular complexity index is 426. The fourth-order valence-electron chi connectivity index (χ4n) is 3.81. The van der Waals surface area contributed by atoms with Gasteiger partial charge in [-0.05, 0) is 30.7 Å². The minimum atomic E-state index is -0.642. The molecule has 0 unspecified atom stereocenters. The van der Waals surface area contributed by atoms with E-state index in [1.54, 1.807) is 0 Å². The van der Waals surface area contributed by atoms with E-state index in [4.69, 9.17) is 0 Å². The lowest BCUT2D eigenvalue weighted by Crippen LogP contribution is -2.39. The highest BCUT2D eigenvalue weighted by Crippen LogP contribution is 2.51. The minimum absolute atomic E-state index is 0.243. The Labute approximate surface area is 115 Å². The highest BCUT2D eigenvalue weighted by Gasteiger charge is 2.48. The van der Waals surface area contributed by atoms with Gasteiger partial charge in [-0.3, -0.25) is 4.90 Å². The highest BCUT2D eigenvalue weighted by molar-refractivity contribution is 5.19. The zero-order chi connectivity index (χ0) is 13.5. The van der Waals surface area contributed by atoms with Crippen LogP contribution < -0.4 is 0 Å². The lowest BCUT2D eigenvalue weighted by atomic mass is 9.62. The molecule has 1 saturated carbocycles. The topological polar surface area (TPSA) is 3.24 Å². The molecule has 1 aliphatic heterocycles. The van der Waals surface area contributed by atoms with Crippen molar-refractivity contribution in [3.63, 3.8) is 0 Å². The molecule has 2 fully saturated rings. The third kappa shape index (κ3) is 2.31. The summed E-state index contributed by atoms with van der Waals surface area (Å²) in [5, 5.41) is 0. The van der Waals surface area contributed by atoms with Crippen molar-refractivity contribution in [2.75, 3.05) is 13.1 Å². The summed E-state index contributed by atoms with van der Waals surface area (Å²) in [5.74, 6) is 0.243. The number of benzene rings is 1. The summed E-state index contributed by atoms with van der Waals surface area (Å²) in [4.78, 5) is 2.33. The standard InChI is InChI=1S/C17H24FN/c1-13(14-7-4-3-5-8-14)19-11-15(16(18)12-19)17(2)9-6-10-17/h3-5,7-8,13,15-16H,6,9-12H2,1-2H3/t13-,15-,16+/m0/s1. The van der Waals surface area contributed by atoms with Gasteiger partial charge in [0.1, 0.15) is 6.17 Å². The maximum absolute atomic E-state index is 14.4. The first kappa shape index (κ1) is 13.1. The second-order valence-corrected chi connectivity index (χ2v) is 6.67. The third-order valence-electron chi connectivity index (χ3n) is 5.50. The third-order valence-corrected chi connectivity index (χ3v) is 5.50. The number of alkyl halides is 1. The van der Waals surface area contributed by atoms with E-state index in [0.717, 1.165) is 6.54 Å². The molecule has 104 valence electrons. The summed E-state index contributed by atoms with van der Waals surface area (Å²) >= 11 is 0. The van der Waals surface area contributed by atoms with E-state index in [1.165, 1.54) is 24.8 Å². The first-order valence-electron chi connectivity index (χ1n) is 7.53. The average Bonchev–Trinajstić information content (AvgIpc) is 2.78. The van der Waals surface area contributed by atoms with Crippen LogP contribution in [-0.2, 0) is 0 Å². The smallest absolute Gasteiger partial charge is 0.117 e. The van der Waals surface area contributed by atoms with Crippen molar-refractivity contribution in [2.24, 2.45) is 11.3 Å². The molecule has 3 rings (SSSR count). The van der Waals surface area contributed by atoms with Gasteiger partial charge in [-0.1, -0.05) is 43.7 Å². The molecule has 1 aliphatic carbocycles. The molecule has 0 amide bonds. The van der Waals surface area contributed by atoms with E-state index < -0.39 is 6.17 Å². The first-order chi connectivity index (χ1) is 9.10. The maximum Gasteiger partial charge on any atom is 0.117 e. The van der Waals surface area contributed by atoms with Gasteiger partial charge in [-0.2, -0.15) is 0 Å².